The van der Waals surface area contributed by atoms with Crippen molar-refractivity contribution in [2.45, 2.75) is 25.9 Å². The van der Waals surface area contributed by atoms with Crippen molar-refractivity contribution < 1.29 is 4.39 Å². The van der Waals surface area contributed by atoms with Crippen molar-refractivity contribution in [3.63, 3.8) is 0 Å². The summed E-state index contributed by atoms with van der Waals surface area (Å²) in [5, 5.41) is 4.79. The zero-order valence-corrected chi connectivity index (χ0v) is 19.7. The summed E-state index contributed by atoms with van der Waals surface area (Å²) in [5.41, 5.74) is 6.02. The normalized spacial score (nSPS) is 17.9. The van der Waals surface area contributed by atoms with Crippen LogP contribution in [0.25, 0.3) is 5.69 Å². The molecule has 33 heavy (non-hydrogen) atoms. The number of rotatable bonds is 4. The Kier molecular flexibility index (Phi) is 5.64. The molecule has 0 amide bonds. The molecule has 2 aromatic carbocycles. The minimum atomic E-state index is -0.254. The van der Waals surface area contributed by atoms with Crippen LogP contribution in [0.15, 0.2) is 79.0 Å². The first-order chi connectivity index (χ1) is 15.9. The fourth-order valence-corrected chi connectivity index (χ4v) is 5.10. The van der Waals surface area contributed by atoms with Crippen LogP contribution in [0.1, 0.15) is 34.7 Å². The molecule has 0 aliphatic carbocycles. The van der Waals surface area contributed by atoms with E-state index in [2.05, 4.69) is 39.7 Å². The summed E-state index contributed by atoms with van der Waals surface area (Å²) in [6, 6.07) is 22.0. The van der Waals surface area contributed by atoms with E-state index in [-0.39, 0.29) is 17.9 Å². The highest BCUT2D eigenvalue weighted by Crippen LogP contribution is 2.43. The molecule has 7 heteroatoms. The third-order valence-electron chi connectivity index (χ3n) is 6.08. The highest BCUT2D eigenvalue weighted by molar-refractivity contribution is 7.80. The average molecular weight is 477 g/mol. The van der Waals surface area contributed by atoms with Crippen molar-refractivity contribution in [3.05, 3.63) is 112 Å². The van der Waals surface area contributed by atoms with Gasteiger partial charge in [0.2, 0.25) is 0 Å². The molecule has 0 bridgehead atoms. The summed E-state index contributed by atoms with van der Waals surface area (Å²) in [6.07, 6.45) is 1.80. The lowest BCUT2D eigenvalue weighted by Crippen LogP contribution is -2.29. The molecule has 1 saturated heterocycles. The highest BCUT2D eigenvalue weighted by atomic mass is 35.5. The van der Waals surface area contributed by atoms with E-state index in [1.807, 2.05) is 42.5 Å². The van der Waals surface area contributed by atoms with Crippen LogP contribution in [0.5, 0.6) is 0 Å². The molecule has 5 rings (SSSR count). The van der Waals surface area contributed by atoms with E-state index in [0.29, 0.717) is 10.1 Å². The molecule has 2 aromatic heterocycles. The zero-order chi connectivity index (χ0) is 23.1. The zero-order valence-electron chi connectivity index (χ0n) is 18.2. The largest absolute Gasteiger partial charge is 0.351 e. The lowest BCUT2D eigenvalue weighted by molar-refractivity contribution is 0.565. The number of aryl methyl sites for hydroxylation is 1. The first kappa shape index (κ1) is 21.6. The van der Waals surface area contributed by atoms with Gasteiger partial charge in [0.05, 0.1) is 17.8 Å². The van der Waals surface area contributed by atoms with Crippen molar-refractivity contribution in [2.75, 3.05) is 4.90 Å². The van der Waals surface area contributed by atoms with Crippen LogP contribution < -0.4 is 10.2 Å². The SMILES string of the molecule is Cc1cc([C@@H]2[C@H](c3ccccn3)NC(=S)N2c2ccc(Cl)cc2)c(C)n1-c1ccc(F)cc1. The predicted octanol–water partition coefficient (Wildman–Crippen LogP) is 6.46. The van der Waals surface area contributed by atoms with Crippen LogP contribution >= 0.6 is 23.8 Å². The molecule has 0 unspecified atom stereocenters. The highest BCUT2D eigenvalue weighted by Gasteiger charge is 2.42. The van der Waals surface area contributed by atoms with Crippen LogP contribution in [0, 0.1) is 19.7 Å². The van der Waals surface area contributed by atoms with Gasteiger partial charge in [0.25, 0.3) is 0 Å². The summed E-state index contributed by atoms with van der Waals surface area (Å²) < 4.78 is 15.7. The van der Waals surface area contributed by atoms with Gasteiger partial charge in [-0.3, -0.25) is 4.98 Å². The molecule has 4 aromatic rings. The summed E-state index contributed by atoms with van der Waals surface area (Å²) in [6.45, 7) is 4.14. The second-order valence-electron chi connectivity index (χ2n) is 8.11. The monoisotopic (exact) mass is 476 g/mol. The minimum Gasteiger partial charge on any atom is -0.351 e. The van der Waals surface area contributed by atoms with Gasteiger partial charge in [-0.15, -0.1) is 0 Å². The van der Waals surface area contributed by atoms with Crippen LogP contribution in [-0.2, 0) is 0 Å². The number of benzene rings is 2. The molecule has 2 atom stereocenters. The Morgan fingerprint density at radius 3 is 2.33 bits per heavy atom. The third kappa shape index (κ3) is 3.90. The first-order valence-corrected chi connectivity index (χ1v) is 11.4. The molecule has 3 heterocycles. The van der Waals surface area contributed by atoms with E-state index in [4.69, 9.17) is 23.8 Å². The predicted molar refractivity (Wildman–Crippen MR) is 135 cm³/mol. The number of nitrogens with zero attached hydrogens (tertiary/aromatic N) is 3. The van der Waals surface area contributed by atoms with Crippen molar-refractivity contribution in [2.24, 2.45) is 0 Å². The Bertz CT molecular complexity index is 1300. The van der Waals surface area contributed by atoms with Gasteiger partial charge in [-0.25, -0.2) is 4.39 Å². The molecular weight excluding hydrogens is 455 g/mol. The van der Waals surface area contributed by atoms with Crippen molar-refractivity contribution >= 4 is 34.6 Å². The van der Waals surface area contributed by atoms with Crippen LogP contribution in [0.2, 0.25) is 5.02 Å². The van der Waals surface area contributed by atoms with Gasteiger partial charge < -0.3 is 14.8 Å². The average Bonchev–Trinajstić information content (AvgIpc) is 3.31. The lowest BCUT2D eigenvalue weighted by Gasteiger charge is -2.28. The van der Waals surface area contributed by atoms with Crippen molar-refractivity contribution in [1.29, 1.82) is 0 Å². The fraction of sp³-hybridized carbons (Fsp3) is 0.154. The number of pyridine rings is 1. The van der Waals surface area contributed by atoms with Gasteiger partial charge >= 0.3 is 0 Å². The van der Waals surface area contributed by atoms with E-state index < -0.39 is 0 Å². The number of aromatic nitrogens is 2. The number of anilines is 1. The van der Waals surface area contributed by atoms with Gasteiger partial charge in [-0.2, -0.15) is 0 Å². The molecule has 1 fully saturated rings. The molecule has 0 spiro atoms. The number of thiocarbonyl (C=S) groups is 1. The van der Waals surface area contributed by atoms with Gasteiger partial charge in [0.15, 0.2) is 5.11 Å². The molecule has 0 saturated carbocycles. The molecule has 4 nitrogen and oxygen atoms in total. The maximum Gasteiger partial charge on any atom is 0.174 e. The second-order valence-corrected chi connectivity index (χ2v) is 8.93. The number of hydrogen-bond donors (Lipinski definition) is 1. The van der Waals surface area contributed by atoms with E-state index in [0.717, 1.165) is 34.0 Å². The smallest absolute Gasteiger partial charge is 0.174 e. The van der Waals surface area contributed by atoms with Crippen LogP contribution in [0.3, 0.4) is 0 Å². The Morgan fingerprint density at radius 1 is 0.970 bits per heavy atom. The van der Waals surface area contributed by atoms with Crippen molar-refractivity contribution in [1.82, 2.24) is 14.9 Å². The number of halogens is 2. The molecular formula is C26H22ClFN4S. The summed E-state index contributed by atoms with van der Waals surface area (Å²) >= 11 is 12.0. The van der Waals surface area contributed by atoms with E-state index >= 15 is 0 Å². The summed E-state index contributed by atoms with van der Waals surface area (Å²) in [5.74, 6) is -0.254. The Balaban J connectivity index is 1.67. The lowest BCUT2D eigenvalue weighted by atomic mass is 9.96. The van der Waals surface area contributed by atoms with Crippen molar-refractivity contribution in [3.8, 4) is 5.69 Å². The quantitative estimate of drug-likeness (QED) is 0.343. The maximum atomic E-state index is 13.5. The van der Waals surface area contributed by atoms with Gasteiger partial charge in [0, 0.05) is 34.0 Å². The van der Waals surface area contributed by atoms with Crippen LogP contribution in [0.4, 0.5) is 10.1 Å². The molecule has 166 valence electrons. The van der Waals surface area contributed by atoms with E-state index in [1.165, 1.54) is 12.1 Å². The topological polar surface area (TPSA) is 33.1 Å². The van der Waals surface area contributed by atoms with Gasteiger partial charge in [-0.1, -0.05) is 17.7 Å². The van der Waals surface area contributed by atoms with Gasteiger partial charge in [0.1, 0.15) is 5.82 Å². The minimum absolute atomic E-state index is 0.131. The Labute approximate surface area is 202 Å². The Hall–Kier alpha value is -3.22. The maximum absolute atomic E-state index is 13.5. The third-order valence-corrected chi connectivity index (χ3v) is 6.64. The molecule has 1 N–H and O–H groups in total. The number of hydrogen-bond acceptors (Lipinski definition) is 2. The standard InChI is InChI=1S/C26H22ClFN4S/c1-16-15-22(17(2)31(16)20-12-8-19(28)9-13-20)25-24(23-5-3-4-14-29-23)30-26(33)32(25)21-10-6-18(27)7-11-21/h3-15,24-25H,1-2H3,(H,30,33)/t24-,25+/m0/s1. The van der Waals surface area contributed by atoms with Crippen LogP contribution in [-0.4, -0.2) is 14.7 Å². The first-order valence-electron chi connectivity index (χ1n) is 10.6. The Morgan fingerprint density at radius 2 is 1.67 bits per heavy atom. The second kappa shape index (κ2) is 8.61. The summed E-state index contributed by atoms with van der Waals surface area (Å²) in [7, 11) is 0. The fourth-order valence-electron chi connectivity index (χ4n) is 4.63. The van der Waals surface area contributed by atoms with Gasteiger partial charge in [-0.05, 0) is 98.4 Å². The molecule has 1 aliphatic rings. The summed E-state index contributed by atoms with van der Waals surface area (Å²) in [4.78, 5) is 6.75. The molecule has 0 radical (unpaired) electrons. The molecule has 1 aliphatic heterocycles. The number of nitrogens with one attached hydrogen (secondary N) is 1. The van der Waals surface area contributed by atoms with E-state index in [9.17, 15) is 4.39 Å². The van der Waals surface area contributed by atoms with E-state index in [1.54, 1.807) is 18.3 Å².